The van der Waals surface area contributed by atoms with Gasteiger partial charge in [0.15, 0.2) is 0 Å². The predicted molar refractivity (Wildman–Crippen MR) is 79.5 cm³/mol. The highest BCUT2D eigenvalue weighted by molar-refractivity contribution is 5.27. The second kappa shape index (κ2) is 6.61. The highest BCUT2D eigenvalue weighted by Gasteiger charge is 2.12. The minimum absolute atomic E-state index is 0.192. The van der Waals surface area contributed by atoms with Gasteiger partial charge in [-0.15, -0.1) is 6.42 Å². The Balaban J connectivity index is 2.57. The fourth-order valence-electron chi connectivity index (χ4n) is 1.90. The lowest BCUT2D eigenvalue weighted by molar-refractivity contribution is 0.561. The molecule has 98 valence electrons. The molecule has 0 spiro atoms. The molecule has 0 aliphatic rings. The van der Waals surface area contributed by atoms with E-state index < -0.39 is 0 Å². The third kappa shape index (κ3) is 4.55. The topological polar surface area (TPSA) is 12.0 Å². The van der Waals surface area contributed by atoms with E-state index in [1.54, 1.807) is 0 Å². The Labute approximate surface area is 112 Å². The first kappa shape index (κ1) is 14.8. The fourth-order valence-corrected chi connectivity index (χ4v) is 1.90. The number of nitrogens with one attached hydrogen (secondary N) is 1. The van der Waals surface area contributed by atoms with Crippen LogP contribution in [0.1, 0.15) is 51.7 Å². The van der Waals surface area contributed by atoms with Gasteiger partial charge in [-0.25, -0.2) is 0 Å². The van der Waals surface area contributed by atoms with Crippen molar-refractivity contribution in [1.29, 1.82) is 0 Å². The summed E-state index contributed by atoms with van der Waals surface area (Å²) in [5.41, 5.74) is 2.88. The van der Waals surface area contributed by atoms with Crippen LogP contribution in [0.25, 0.3) is 0 Å². The monoisotopic (exact) mass is 243 g/mol. The molecule has 1 heteroatoms. The van der Waals surface area contributed by atoms with Crippen LogP contribution in [0, 0.1) is 12.3 Å². The molecule has 0 amide bonds. The van der Waals surface area contributed by atoms with Gasteiger partial charge in [-0.05, 0) is 23.0 Å². The van der Waals surface area contributed by atoms with E-state index in [1.807, 2.05) is 0 Å². The largest absolute Gasteiger partial charge is 0.300 e. The van der Waals surface area contributed by atoms with E-state index >= 15 is 0 Å². The van der Waals surface area contributed by atoms with E-state index in [-0.39, 0.29) is 11.5 Å². The van der Waals surface area contributed by atoms with Crippen LogP contribution in [0.2, 0.25) is 0 Å². The molecule has 1 N–H and O–H groups in total. The van der Waals surface area contributed by atoms with Crippen LogP contribution in [-0.4, -0.2) is 6.04 Å². The number of terminal acetylenes is 1. The standard InChI is InChI=1S/C17H25N/c1-6-8-16(7-2)18-13-14-9-11-15(12-10-14)17(3,4)5/h2,9-12,16,18H,6,8,13H2,1,3-5H3. The molecule has 0 bridgehead atoms. The third-order valence-corrected chi connectivity index (χ3v) is 3.15. The van der Waals surface area contributed by atoms with Crippen molar-refractivity contribution in [2.45, 2.75) is 58.5 Å². The van der Waals surface area contributed by atoms with Crippen molar-refractivity contribution in [3.63, 3.8) is 0 Å². The number of rotatable bonds is 5. The van der Waals surface area contributed by atoms with E-state index in [0.29, 0.717) is 0 Å². The lowest BCUT2D eigenvalue weighted by atomic mass is 9.87. The number of hydrogen-bond acceptors (Lipinski definition) is 1. The van der Waals surface area contributed by atoms with E-state index in [4.69, 9.17) is 6.42 Å². The van der Waals surface area contributed by atoms with Gasteiger partial charge >= 0.3 is 0 Å². The summed E-state index contributed by atoms with van der Waals surface area (Å²) >= 11 is 0. The zero-order valence-electron chi connectivity index (χ0n) is 12.1. The minimum Gasteiger partial charge on any atom is -0.300 e. The smallest absolute Gasteiger partial charge is 0.0689 e. The molecule has 0 saturated heterocycles. The molecule has 1 aromatic carbocycles. The number of benzene rings is 1. The summed E-state index contributed by atoms with van der Waals surface area (Å²) in [4.78, 5) is 0. The predicted octanol–water partition coefficient (Wildman–Crippen LogP) is 3.88. The van der Waals surface area contributed by atoms with Gasteiger partial charge in [0.2, 0.25) is 0 Å². The van der Waals surface area contributed by atoms with Crippen molar-refractivity contribution < 1.29 is 0 Å². The quantitative estimate of drug-likeness (QED) is 0.774. The molecule has 1 nitrogen and oxygen atoms in total. The van der Waals surface area contributed by atoms with Gasteiger partial charge in [0.05, 0.1) is 6.04 Å². The van der Waals surface area contributed by atoms with E-state index in [0.717, 1.165) is 19.4 Å². The van der Waals surface area contributed by atoms with E-state index in [9.17, 15) is 0 Å². The zero-order chi connectivity index (χ0) is 13.6. The van der Waals surface area contributed by atoms with Gasteiger partial charge in [0, 0.05) is 6.54 Å². The molecule has 0 fully saturated rings. The summed E-state index contributed by atoms with van der Waals surface area (Å²) in [7, 11) is 0. The van der Waals surface area contributed by atoms with Crippen LogP contribution in [0.5, 0.6) is 0 Å². The Morgan fingerprint density at radius 1 is 1.22 bits per heavy atom. The molecule has 1 rings (SSSR count). The van der Waals surface area contributed by atoms with Gasteiger partial charge < -0.3 is 0 Å². The molecule has 1 atom stereocenters. The lowest BCUT2D eigenvalue weighted by Crippen LogP contribution is -2.26. The molecule has 0 saturated carbocycles. The second-order valence-electron chi connectivity index (χ2n) is 5.84. The molecule has 18 heavy (non-hydrogen) atoms. The maximum absolute atomic E-state index is 5.49. The van der Waals surface area contributed by atoms with E-state index in [2.05, 4.69) is 63.2 Å². The number of hydrogen-bond donors (Lipinski definition) is 1. The van der Waals surface area contributed by atoms with Crippen molar-refractivity contribution in [3.05, 3.63) is 35.4 Å². The summed E-state index contributed by atoms with van der Waals surface area (Å²) in [6.07, 6.45) is 7.65. The summed E-state index contributed by atoms with van der Waals surface area (Å²) < 4.78 is 0. The average Bonchev–Trinajstić information content (AvgIpc) is 2.34. The SMILES string of the molecule is C#CC(CCC)NCc1ccc(C(C)(C)C)cc1. The summed E-state index contributed by atoms with van der Waals surface area (Å²) in [6, 6.07) is 8.99. The third-order valence-electron chi connectivity index (χ3n) is 3.15. The van der Waals surface area contributed by atoms with Gasteiger partial charge in [-0.1, -0.05) is 64.3 Å². The fraction of sp³-hybridized carbons (Fsp3) is 0.529. The van der Waals surface area contributed by atoms with E-state index in [1.165, 1.54) is 11.1 Å². The molecule has 0 aromatic heterocycles. The van der Waals surface area contributed by atoms with Crippen molar-refractivity contribution in [3.8, 4) is 12.3 Å². The molecule has 0 radical (unpaired) electrons. The maximum Gasteiger partial charge on any atom is 0.0689 e. The maximum atomic E-state index is 5.49. The molecule has 1 unspecified atom stereocenters. The Hall–Kier alpha value is -1.26. The van der Waals surface area contributed by atoms with Crippen molar-refractivity contribution in [2.75, 3.05) is 0 Å². The second-order valence-corrected chi connectivity index (χ2v) is 5.84. The van der Waals surface area contributed by atoms with Crippen LogP contribution in [0.4, 0.5) is 0 Å². The Kier molecular flexibility index (Phi) is 5.44. The van der Waals surface area contributed by atoms with Gasteiger partial charge in [0.25, 0.3) is 0 Å². The normalized spacial score (nSPS) is 13.1. The Bertz CT molecular complexity index is 389. The summed E-state index contributed by atoms with van der Waals surface area (Å²) in [6.45, 7) is 9.70. The summed E-state index contributed by atoms with van der Waals surface area (Å²) in [5.74, 6) is 2.80. The van der Waals surface area contributed by atoms with Crippen molar-refractivity contribution in [1.82, 2.24) is 5.32 Å². The first-order valence-electron chi connectivity index (χ1n) is 6.76. The lowest BCUT2D eigenvalue weighted by Gasteiger charge is -2.19. The Morgan fingerprint density at radius 3 is 2.28 bits per heavy atom. The first-order valence-corrected chi connectivity index (χ1v) is 6.76. The van der Waals surface area contributed by atoms with Crippen LogP contribution in [0.15, 0.2) is 24.3 Å². The van der Waals surface area contributed by atoms with Crippen LogP contribution >= 0.6 is 0 Å². The van der Waals surface area contributed by atoms with Gasteiger partial charge in [-0.2, -0.15) is 0 Å². The van der Waals surface area contributed by atoms with Crippen molar-refractivity contribution >= 4 is 0 Å². The molecule has 0 aliphatic carbocycles. The minimum atomic E-state index is 0.192. The molecular weight excluding hydrogens is 218 g/mol. The molecule has 1 aromatic rings. The zero-order valence-corrected chi connectivity index (χ0v) is 12.1. The average molecular weight is 243 g/mol. The first-order chi connectivity index (χ1) is 8.47. The molecule has 0 heterocycles. The highest BCUT2D eigenvalue weighted by atomic mass is 14.9. The van der Waals surface area contributed by atoms with Crippen molar-refractivity contribution in [2.24, 2.45) is 0 Å². The molecular formula is C17H25N. The van der Waals surface area contributed by atoms with Gasteiger partial charge in [0.1, 0.15) is 0 Å². The molecule has 0 aliphatic heterocycles. The highest BCUT2D eigenvalue weighted by Crippen LogP contribution is 2.22. The summed E-state index contributed by atoms with van der Waals surface area (Å²) in [5, 5.41) is 3.41. The van der Waals surface area contributed by atoms with Crippen LogP contribution in [0.3, 0.4) is 0 Å². The van der Waals surface area contributed by atoms with Gasteiger partial charge in [-0.3, -0.25) is 5.32 Å². The Morgan fingerprint density at radius 2 is 1.83 bits per heavy atom. The van der Waals surface area contributed by atoms with Crippen LogP contribution < -0.4 is 5.32 Å². The van der Waals surface area contributed by atoms with Crippen LogP contribution in [-0.2, 0) is 12.0 Å².